The number of aromatic amines is 1. The lowest BCUT2D eigenvalue weighted by Crippen LogP contribution is -2.37. The first-order valence-electron chi connectivity index (χ1n) is 8.50. The Kier molecular flexibility index (Phi) is 4.02. The van der Waals surface area contributed by atoms with Crippen LogP contribution in [-0.4, -0.2) is 65.5 Å². The number of likely N-dealkylation sites (tertiary alicyclic amines) is 1. The van der Waals surface area contributed by atoms with Crippen LogP contribution in [0.2, 0.25) is 0 Å². The number of amides is 1. The number of rotatable bonds is 2. The monoisotopic (exact) mass is 330 g/mol. The van der Waals surface area contributed by atoms with Crippen molar-refractivity contribution in [2.45, 2.75) is 18.8 Å². The van der Waals surface area contributed by atoms with Gasteiger partial charge in [0.15, 0.2) is 0 Å². The maximum Gasteiger partial charge on any atom is 0.407 e. The molecule has 0 saturated carbocycles. The number of piperidine rings is 1. The highest BCUT2D eigenvalue weighted by atomic mass is 16.5. The van der Waals surface area contributed by atoms with Crippen LogP contribution in [0.4, 0.5) is 10.6 Å². The minimum atomic E-state index is -0.814. The van der Waals surface area contributed by atoms with E-state index in [1.165, 1.54) is 15.8 Å². The van der Waals surface area contributed by atoms with Gasteiger partial charge in [-0.1, -0.05) is 0 Å². The molecule has 128 valence electrons. The zero-order valence-electron chi connectivity index (χ0n) is 13.6. The standard InChI is InChI=1S/C17H22N4O3/c22-17(23)21-3-1-12(2-4-21)14-10-18-15-11-19-16(9-13(14)15)20-5-7-24-8-6-20/h9-12,18H,1-8H2,(H,22,23). The van der Waals surface area contributed by atoms with Crippen molar-refractivity contribution in [1.29, 1.82) is 0 Å². The summed E-state index contributed by atoms with van der Waals surface area (Å²) in [5.74, 6) is 1.39. The molecule has 2 saturated heterocycles. The van der Waals surface area contributed by atoms with E-state index in [2.05, 4.69) is 27.1 Å². The number of carbonyl (C=O) groups is 1. The molecule has 0 aliphatic carbocycles. The number of fused-ring (bicyclic) bond motifs is 1. The number of nitrogens with zero attached hydrogens (tertiary/aromatic N) is 3. The number of morpholine rings is 1. The Morgan fingerprint density at radius 1 is 1.25 bits per heavy atom. The van der Waals surface area contributed by atoms with Crippen LogP contribution in [0.5, 0.6) is 0 Å². The number of nitrogens with one attached hydrogen (secondary N) is 1. The number of aromatic nitrogens is 2. The maximum absolute atomic E-state index is 11.1. The van der Waals surface area contributed by atoms with Gasteiger partial charge in [0.05, 0.1) is 24.9 Å². The molecule has 0 radical (unpaired) electrons. The van der Waals surface area contributed by atoms with Gasteiger partial charge in [0.25, 0.3) is 0 Å². The van der Waals surface area contributed by atoms with Gasteiger partial charge in [-0.2, -0.15) is 0 Å². The number of hydrogen-bond acceptors (Lipinski definition) is 4. The molecule has 0 aromatic carbocycles. The summed E-state index contributed by atoms with van der Waals surface area (Å²) in [6, 6.07) is 2.16. The van der Waals surface area contributed by atoms with E-state index in [0.717, 1.165) is 50.5 Å². The number of carboxylic acid groups (broad SMARTS) is 1. The molecule has 2 aromatic heterocycles. The molecule has 7 heteroatoms. The minimum Gasteiger partial charge on any atom is -0.465 e. The highest BCUT2D eigenvalue weighted by molar-refractivity contribution is 5.85. The average Bonchev–Trinajstić information content (AvgIpc) is 3.05. The van der Waals surface area contributed by atoms with Gasteiger partial charge in [-0.15, -0.1) is 0 Å². The predicted molar refractivity (Wildman–Crippen MR) is 90.7 cm³/mol. The van der Waals surface area contributed by atoms with Crippen molar-refractivity contribution in [3.05, 3.63) is 24.0 Å². The minimum absolute atomic E-state index is 0.397. The van der Waals surface area contributed by atoms with Crippen molar-refractivity contribution in [3.63, 3.8) is 0 Å². The van der Waals surface area contributed by atoms with Crippen molar-refractivity contribution in [2.24, 2.45) is 0 Å². The molecule has 24 heavy (non-hydrogen) atoms. The summed E-state index contributed by atoms with van der Waals surface area (Å²) < 4.78 is 5.41. The molecule has 4 rings (SSSR count). The molecule has 2 N–H and O–H groups in total. The SMILES string of the molecule is O=C(O)N1CCC(c2c[nH]c3cnc(N4CCOCC4)cc23)CC1. The van der Waals surface area contributed by atoms with Crippen LogP contribution in [0.15, 0.2) is 18.5 Å². The Hall–Kier alpha value is -2.28. The smallest absolute Gasteiger partial charge is 0.407 e. The third-order valence-electron chi connectivity index (χ3n) is 5.12. The largest absolute Gasteiger partial charge is 0.465 e. The molecule has 2 fully saturated rings. The van der Waals surface area contributed by atoms with Crippen LogP contribution in [-0.2, 0) is 4.74 Å². The fourth-order valence-corrected chi connectivity index (χ4v) is 3.72. The number of hydrogen-bond donors (Lipinski definition) is 2. The Morgan fingerprint density at radius 2 is 2.00 bits per heavy atom. The Labute approximate surface area is 140 Å². The van der Waals surface area contributed by atoms with E-state index < -0.39 is 6.09 Å². The first kappa shape index (κ1) is 15.3. The molecule has 2 aliphatic heterocycles. The predicted octanol–water partition coefficient (Wildman–Crippen LogP) is 2.26. The molecule has 0 unspecified atom stereocenters. The molecular formula is C17H22N4O3. The fraction of sp³-hybridized carbons (Fsp3) is 0.529. The summed E-state index contributed by atoms with van der Waals surface area (Å²) >= 11 is 0. The number of H-pyrrole nitrogens is 1. The summed E-state index contributed by atoms with van der Waals surface area (Å²) in [4.78, 5) is 22.7. The van der Waals surface area contributed by atoms with Crippen LogP contribution in [0, 0.1) is 0 Å². The normalized spacial score (nSPS) is 19.8. The molecule has 0 spiro atoms. The molecular weight excluding hydrogens is 308 g/mol. The van der Waals surface area contributed by atoms with E-state index in [1.54, 1.807) is 0 Å². The second-order valence-corrected chi connectivity index (χ2v) is 6.48. The zero-order chi connectivity index (χ0) is 16.5. The maximum atomic E-state index is 11.1. The highest BCUT2D eigenvalue weighted by Gasteiger charge is 2.25. The first-order chi connectivity index (χ1) is 11.7. The van der Waals surface area contributed by atoms with Crippen LogP contribution in [0.1, 0.15) is 24.3 Å². The van der Waals surface area contributed by atoms with Crippen molar-refractivity contribution in [2.75, 3.05) is 44.3 Å². The third-order valence-corrected chi connectivity index (χ3v) is 5.12. The van der Waals surface area contributed by atoms with Crippen molar-refractivity contribution in [1.82, 2.24) is 14.9 Å². The van der Waals surface area contributed by atoms with Crippen LogP contribution >= 0.6 is 0 Å². The average molecular weight is 330 g/mol. The topological polar surface area (TPSA) is 81.7 Å². The van der Waals surface area contributed by atoms with Gasteiger partial charge in [0.2, 0.25) is 0 Å². The summed E-state index contributed by atoms with van der Waals surface area (Å²) in [5, 5.41) is 10.3. The fourth-order valence-electron chi connectivity index (χ4n) is 3.72. The number of anilines is 1. The summed E-state index contributed by atoms with van der Waals surface area (Å²) in [6.45, 7) is 4.44. The van der Waals surface area contributed by atoms with E-state index in [1.807, 2.05) is 6.20 Å². The Morgan fingerprint density at radius 3 is 2.71 bits per heavy atom. The second kappa shape index (κ2) is 6.32. The summed E-state index contributed by atoms with van der Waals surface area (Å²) in [6.07, 6.45) is 4.89. The van der Waals surface area contributed by atoms with E-state index in [0.29, 0.717) is 19.0 Å². The molecule has 4 heterocycles. The van der Waals surface area contributed by atoms with Crippen molar-refractivity contribution >= 4 is 22.8 Å². The molecule has 0 atom stereocenters. The van der Waals surface area contributed by atoms with Gasteiger partial charge < -0.3 is 24.6 Å². The lowest BCUT2D eigenvalue weighted by Gasteiger charge is -2.30. The zero-order valence-corrected chi connectivity index (χ0v) is 13.6. The van der Waals surface area contributed by atoms with Gasteiger partial charge >= 0.3 is 6.09 Å². The van der Waals surface area contributed by atoms with Crippen LogP contribution in [0.3, 0.4) is 0 Å². The van der Waals surface area contributed by atoms with Crippen LogP contribution < -0.4 is 4.90 Å². The highest BCUT2D eigenvalue weighted by Crippen LogP contribution is 2.34. The van der Waals surface area contributed by atoms with Gasteiger partial charge in [-0.05, 0) is 30.4 Å². The van der Waals surface area contributed by atoms with Crippen molar-refractivity contribution in [3.8, 4) is 0 Å². The van der Waals surface area contributed by atoms with E-state index in [-0.39, 0.29) is 0 Å². The molecule has 1 amide bonds. The lowest BCUT2D eigenvalue weighted by atomic mass is 9.89. The molecule has 7 nitrogen and oxygen atoms in total. The van der Waals surface area contributed by atoms with E-state index in [4.69, 9.17) is 9.84 Å². The number of ether oxygens (including phenoxy) is 1. The summed E-state index contributed by atoms with van der Waals surface area (Å²) in [7, 11) is 0. The summed E-state index contributed by atoms with van der Waals surface area (Å²) in [5.41, 5.74) is 2.33. The third kappa shape index (κ3) is 2.80. The molecule has 2 aromatic rings. The van der Waals surface area contributed by atoms with E-state index in [9.17, 15) is 4.79 Å². The quantitative estimate of drug-likeness (QED) is 0.883. The number of pyridine rings is 1. The molecule has 2 aliphatic rings. The van der Waals surface area contributed by atoms with Gasteiger partial charge in [0, 0.05) is 37.8 Å². The van der Waals surface area contributed by atoms with E-state index >= 15 is 0 Å². The van der Waals surface area contributed by atoms with Crippen molar-refractivity contribution < 1.29 is 14.6 Å². The molecule has 0 bridgehead atoms. The lowest BCUT2D eigenvalue weighted by molar-refractivity contribution is 0.122. The van der Waals surface area contributed by atoms with Crippen LogP contribution in [0.25, 0.3) is 10.9 Å². The first-order valence-corrected chi connectivity index (χ1v) is 8.50. The van der Waals surface area contributed by atoms with Gasteiger partial charge in [-0.3, -0.25) is 0 Å². The van der Waals surface area contributed by atoms with Gasteiger partial charge in [-0.25, -0.2) is 9.78 Å². The van der Waals surface area contributed by atoms with Gasteiger partial charge in [0.1, 0.15) is 5.82 Å². The Bertz CT molecular complexity index is 731. The second-order valence-electron chi connectivity index (χ2n) is 6.48. The Balaban J connectivity index is 1.58.